The molecular formula is C13H18N2O4. The van der Waals surface area contributed by atoms with Crippen LogP contribution in [0.5, 0.6) is 0 Å². The van der Waals surface area contributed by atoms with Gasteiger partial charge in [0.2, 0.25) is 0 Å². The second-order valence-electron chi connectivity index (χ2n) is 5.01. The van der Waals surface area contributed by atoms with Crippen LogP contribution in [-0.4, -0.2) is 42.0 Å². The molecule has 1 N–H and O–H groups in total. The molecule has 0 aromatic carbocycles. The van der Waals surface area contributed by atoms with E-state index in [1.54, 1.807) is 6.92 Å². The third-order valence-electron chi connectivity index (χ3n) is 3.79. The highest BCUT2D eigenvalue weighted by Crippen LogP contribution is 2.34. The first-order valence-electron chi connectivity index (χ1n) is 6.39. The number of carbonyl (C=O) groups is 3. The van der Waals surface area contributed by atoms with E-state index in [4.69, 9.17) is 0 Å². The summed E-state index contributed by atoms with van der Waals surface area (Å²) in [5.74, 6) is -0.633. The lowest BCUT2D eigenvalue weighted by molar-refractivity contribution is -0.136. The number of esters is 1. The molecule has 6 heteroatoms. The van der Waals surface area contributed by atoms with Gasteiger partial charge in [-0.15, -0.1) is 0 Å². The van der Waals surface area contributed by atoms with Crippen LogP contribution in [-0.2, 0) is 14.3 Å². The van der Waals surface area contributed by atoms with Crippen molar-refractivity contribution >= 4 is 17.9 Å². The number of methoxy groups -OCH3 is 1. The molecule has 0 aromatic rings. The van der Waals surface area contributed by atoms with E-state index in [1.165, 1.54) is 13.2 Å². The van der Waals surface area contributed by atoms with E-state index in [9.17, 15) is 14.4 Å². The fraction of sp³-hybridized carbons (Fsp3) is 0.615. The zero-order chi connectivity index (χ0) is 14.0. The van der Waals surface area contributed by atoms with Crippen LogP contribution >= 0.6 is 0 Å². The van der Waals surface area contributed by atoms with Crippen LogP contribution in [0, 0.1) is 0 Å². The number of hydrogen-bond donors (Lipinski definition) is 1. The van der Waals surface area contributed by atoms with Gasteiger partial charge in [0, 0.05) is 12.1 Å². The zero-order valence-corrected chi connectivity index (χ0v) is 11.2. The number of ether oxygens (including phenoxy) is 1. The first kappa shape index (κ1) is 13.6. The molecule has 1 aliphatic heterocycles. The lowest BCUT2D eigenvalue weighted by Crippen LogP contribution is -2.44. The molecular weight excluding hydrogens is 248 g/mol. The average Bonchev–Trinajstić information content (AvgIpc) is 2.94. The normalized spacial score (nSPS) is 22.0. The SMILES string of the molecule is COC(=O)C(C)=CCN1C(=O)NC2(CCCC2)C1=O. The molecule has 1 spiro atoms. The predicted molar refractivity (Wildman–Crippen MR) is 67.2 cm³/mol. The summed E-state index contributed by atoms with van der Waals surface area (Å²) in [7, 11) is 1.29. The van der Waals surface area contributed by atoms with Crippen molar-refractivity contribution in [2.45, 2.75) is 38.1 Å². The summed E-state index contributed by atoms with van der Waals surface area (Å²) in [6.45, 7) is 1.70. The molecule has 1 saturated heterocycles. The number of imide groups is 1. The Kier molecular flexibility index (Phi) is 3.59. The van der Waals surface area contributed by atoms with Gasteiger partial charge in [0.25, 0.3) is 5.91 Å². The molecule has 104 valence electrons. The molecule has 0 unspecified atom stereocenters. The average molecular weight is 266 g/mol. The van der Waals surface area contributed by atoms with Crippen molar-refractivity contribution in [1.82, 2.24) is 10.2 Å². The van der Waals surface area contributed by atoms with Gasteiger partial charge in [-0.1, -0.05) is 18.9 Å². The number of urea groups is 1. The molecule has 3 amide bonds. The minimum Gasteiger partial charge on any atom is -0.466 e. The van der Waals surface area contributed by atoms with Gasteiger partial charge < -0.3 is 10.1 Å². The molecule has 2 aliphatic rings. The van der Waals surface area contributed by atoms with Crippen molar-refractivity contribution in [1.29, 1.82) is 0 Å². The van der Waals surface area contributed by atoms with E-state index in [-0.39, 0.29) is 18.5 Å². The summed E-state index contributed by atoms with van der Waals surface area (Å²) in [5.41, 5.74) is -0.306. The minimum atomic E-state index is -0.690. The van der Waals surface area contributed by atoms with Gasteiger partial charge in [-0.25, -0.2) is 9.59 Å². The zero-order valence-electron chi connectivity index (χ0n) is 11.2. The van der Waals surface area contributed by atoms with E-state index in [0.29, 0.717) is 18.4 Å². The van der Waals surface area contributed by atoms with Gasteiger partial charge in [-0.05, 0) is 19.8 Å². The van der Waals surface area contributed by atoms with Crippen molar-refractivity contribution in [2.24, 2.45) is 0 Å². The Balaban J connectivity index is 2.07. The summed E-state index contributed by atoms with van der Waals surface area (Å²) >= 11 is 0. The molecule has 2 fully saturated rings. The second kappa shape index (κ2) is 5.03. The number of hydrogen-bond acceptors (Lipinski definition) is 4. The maximum Gasteiger partial charge on any atom is 0.333 e. The van der Waals surface area contributed by atoms with Crippen LogP contribution < -0.4 is 5.32 Å². The molecule has 0 aromatic heterocycles. The van der Waals surface area contributed by atoms with Gasteiger partial charge in [0.1, 0.15) is 5.54 Å². The number of rotatable bonds is 3. The lowest BCUT2D eigenvalue weighted by Gasteiger charge is -2.19. The third kappa shape index (κ3) is 2.34. The molecule has 1 aliphatic carbocycles. The highest BCUT2D eigenvalue weighted by atomic mass is 16.5. The van der Waals surface area contributed by atoms with E-state index in [0.717, 1.165) is 17.7 Å². The van der Waals surface area contributed by atoms with Crippen molar-refractivity contribution in [2.75, 3.05) is 13.7 Å². The Morgan fingerprint density at radius 3 is 2.63 bits per heavy atom. The van der Waals surface area contributed by atoms with E-state index in [2.05, 4.69) is 10.1 Å². The van der Waals surface area contributed by atoms with Gasteiger partial charge >= 0.3 is 12.0 Å². The summed E-state index contributed by atoms with van der Waals surface area (Å²) in [6, 6.07) is -0.374. The predicted octanol–water partition coefficient (Wildman–Crippen LogP) is 0.970. The van der Waals surface area contributed by atoms with Crippen LogP contribution in [0.1, 0.15) is 32.6 Å². The maximum absolute atomic E-state index is 12.3. The standard InChI is InChI=1S/C13H18N2O4/c1-9(10(16)19-2)5-8-15-11(17)13(14-12(15)18)6-3-4-7-13/h5H,3-4,6-8H2,1-2H3,(H,14,18). The number of nitrogens with one attached hydrogen (secondary N) is 1. The number of amides is 3. The molecule has 1 saturated carbocycles. The molecule has 0 atom stereocenters. The second-order valence-corrected chi connectivity index (χ2v) is 5.01. The summed E-state index contributed by atoms with van der Waals surface area (Å²) in [4.78, 5) is 36.5. The Labute approximate surface area is 111 Å². The van der Waals surface area contributed by atoms with Gasteiger partial charge in [0.15, 0.2) is 0 Å². The molecule has 19 heavy (non-hydrogen) atoms. The molecule has 1 heterocycles. The van der Waals surface area contributed by atoms with Crippen LogP contribution in [0.4, 0.5) is 4.79 Å². The molecule has 2 rings (SSSR count). The first-order valence-corrected chi connectivity index (χ1v) is 6.39. The van der Waals surface area contributed by atoms with Crippen LogP contribution in [0.3, 0.4) is 0 Å². The van der Waals surface area contributed by atoms with E-state index in [1.807, 2.05) is 0 Å². The fourth-order valence-electron chi connectivity index (χ4n) is 2.63. The Bertz CT molecular complexity index is 450. The van der Waals surface area contributed by atoms with Crippen molar-refractivity contribution in [3.8, 4) is 0 Å². The highest BCUT2D eigenvalue weighted by molar-refractivity contribution is 6.07. The summed E-state index contributed by atoms with van der Waals surface area (Å²) in [6.07, 6.45) is 4.85. The van der Waals surface area contributed by atoms with Crippen molar-refractivity contribution in [3.63, 3.8) is 0 Å². The fourth-order valence-corrected chi connectivity index (χ4v) is 2.63. The van der Waals surface area contributed by atoms with Crippen molar-refractivity contribution < 1.29 is 19.1 Å². The van der Waals surface area contributed by atoms with E-state index < -0.39 is 11.5 Å². The van der Waals surface area contributed by atoms with Crippen LogP contribution in [0.25, 0.3) is 0 Å². The minimum absolute atomic E-state index is 0.105. The molecule has 6 nitrogen and oxygen atoms in total. The number of carbonyl (C=O) groups excluding carboxylic acids is 3. The first-order chi connectivity index (χ1) is 9.00. The molecule has 0 bridgehead atoms. The number of nitrogens with zero attached hydrogens (tertiary/aromatic N) is 1. The van der Waals surface area contributed by atoms with Gasteiger partial charge in [0.05, 0.1) is 7.11 Å². The lowest BCUT2D eigenvalue weighted by atomic mass is 9.98. The summed E-state index contributed by atoms with van der Waals surface area (Å²) < 4.78 is 4.56. The Morgan fingerprint density at radius 1 is 1.42 bits per heavy atom. The van der Waals surface area contributed by atoms with Crippen LogP contribution in [0.15, 0.2) is 11.6 Å². The Morgan fingerprint density at radius 2 is 2.05 bits per heavy atom. The van der Waals surface area contributed by atoms with Gasteiger partial charge in [-0.2, -0.15) is 0 Å². The third-order valence-corrected chi connectivity index (χ3v) is 3.79. The van der Waals surface area contributed by atoms with Crippen molar-refractivity contribution in [3.05, 3.63) is 11.6 Å². The maximum atomic E-state index is 12.3. The monoisotopic (exact) mass is 266 g/mol. The summed E-state index contributed by atoms with van der Waals surface area (Å²) in [5, 5.41) is 2.79. The van der Waals surface area contributed by atoms with E-state index >= 15 is 0 Å². The molecule has 0 radical (unpaired) electrons. The van der Waals surface area contributed by atoms with Crippen LogP contribution in [0.2, 0.25) is 0 Å². The Hall–Kier alpha value is -1.85. The smallest absolute Gasteiger partial charge is 0.333 e. The highest BCUT2D eigenvalue weighted by Gasteiger charge is 2.51. The topological polar surface area (TPSA) is 75.7 Å². The largest absolute Gasteiger partial charge is 0.466 e. The van der Waals surface area contributed by atoms with Gasteiger partial charge in [-0.3, -0.25) is 9.69 Å². The quantitative estimate of drug-likeness (QED) is 0.469.